The van der Waals surface area contributed by atoms with E-state index < -0.39 is 0 Å². The van der Waals surface area contributed by atoms with Crippen LogP contribution in [0.1, 0.15) is 26.2 Å². The maximum atomic E-state index is 11.9. The van der Waals surface area contributed by atoms with E-state index in [1.54, 1.807) is 0 Å². The van der Waals surface area contributed by atoms with Gasteiger partial charge in [-0.15, -0.1) is 0 Å². The van der Waals surface area contributed by atoms with Gasteiger partial charge in [0.2, 0.25) is 5.91 Å². The first kappa shape index (κ1) is 13.5. The van der Waals surface area contributed by atoms with Gasteiger partial charge in [0.25, 0.3) is 0 Å². The third-order valence-corrected chi connectivity index (χ3v) is 3.43. The fraction of sp³-hybridized carbons (Fsp3) is 0.917. The van der Waals surface area contributed by atoms with Gasteiger partial charge in [0, 0.05) is 25.6 Å². The number of amides is 1. The molecule has 1 heterocycles. The number of likely N-dealkylation sites (N-methyl/N-ethyl adjacent to an activating group) is 1. The lowest BCUT2D eigenvalue weighted by atomic mass is 10.1. The van der Waals surface area contributed by atoms with Crippen LogP contribution >= 0.6 is 0 Å². The van der Waals surface area contributed by atoms with Crippen LogP contribution in [0.2, 0.25) is 0 Å². The van der Waals surface area contributed by atoms with E-state index in [1.165, 1.54) is 0 Å². The van der Waals surface area contributed by atoms with Crippen molar-refractivity contribution >= 4 is 5.91 Å². The molecule has 2 atom stereocenters. The quantitative estimate of drug-likeness (QED) is 0.697. The van der Waals surface area contributed by atoms with Crippen molar-refractivity contribution in [2.45, 2.75) is 32.2 Å². The lowest BCUT2D eigenvalue weighted by Crippen LogP contribution is -2.35. The Morgan fingerprint density at radius 3 is 2.56 bits per heavy atom. The minimum absolute atomic E-state index is 0.296. The van der Waals surface area contributed by atoms with E-state index in [9.17, 15) is 4.79 Å². The van der Waals surface area contributed by atoms with Gasteiger partial charge in [0.15, 0.2) is 0 Å². The molecule has 94 valence electrons. The zero-order chi connectivity index (χ0) is 12.1. The molecule has 1 rings (SSSR count). The Labute approximate surface area is 98.8 Å². The predicted octanol–water partition coefficient (Wildman–Crippen LogP) is 0.524. The van der Waals surface area contributed by atoms with Gasteiger partial charge in [-0.05, 0) is 39.4 Å². The van der Waals surface area contributed by atoms with Crippen LogP contribution < -0.4 is 5.73 Å². The third-order valence-electron chi connectivity index (χ3n) is 3.43. The molecule has 0 saturated carbocycles. The number of nitrogens with zero attached hydrogens (tertiary/aromatic N) is 2. The summed E-state index contributed by atoms with van der Waals surface area (Å²) in [6.45, 7) is 4.70. The maximum absolute atomic E-state index is 11.9. The van der Waals surface area contributed by atoms with Gasteiger partial charge >= 0.3 is 0 Å². The van der Waals surface area contributed by atoms with Crippen molar-refractivity contribution in [1.29, 1.82) is 0 Å². The summed E-state index contributed by atoms with van der Waals surface area (Å²) in [6, 6.07) is 0.512. The summed E-state index contributed by atoms with van der Waals surface area (Å²) in [5.74, 6) is 0.873. The molecule has 4 nitrogen and oxygen atoms in total. The number of hydrogen-bond donors (Lipinski definition) is 1. The van der Waals surface area contributed by atoms with Gasteiger partial charge in [-0.2, -0.15) is 0 Å². The first-order valence-corrected chi connectivity index (χ1v) is 6.20. The zero-order valence-electron chi connectivity index (χ0n) is 10.8. The third kappa shape index (κ3) is 3.46. The Balaban J connectivity index is 2.36. The van der Waals surface area contributed by atoms with Gasteiger partial charge in [0.1, 0.15) is 0 Å². The average molecular weight is 227 g/mol. The standard InChI is InChI=1S/C12H25N3O/c1-10-8-15(9-11(10)14(2)3)12(16)6-4-5-7-13/h10-11H,4-9,13H2,1-3H3. The Hall–Kier alpha value is -0.610. The largest absolute Gasteiger partial charge is 0.341 e. The number of hydrogen-bond acceptors (Lipinski definition) is 3. The molecule has 1 fully saturated rings. The fourth-order valence-corrected chi connectivity index (χ4v) is 2.40. The van der Waals surface area contributed by atoms with E-state index in [-0.39, 0.29) is 0 Å². The second-order valence-corrected chi connectivity index (χ2v) is 5.05. The first-order chi connectivity index (χ1) is 7.56. The predicted molar refractivity (Wildman–Crippen MR) is 66.1 cm³/mol. The molecule has 0 aliphatic carbocycles. The smallest absolute Gasteiger partial charge is 0.222 e. The van der Waals surface area contributed by atoms with Gasteiger partial charge in [0.05, 0.1) is 0 Å². The highest BCUT2D eigenvalue weighted by Gasteiger charge is 2.32. The number of unbranched alkanes of at least 4 members (excludes halogenated alkanes) is 1. The van der Waals surface area contributed by atoms with Crippen molar-refractivity contribution in [2.75, 3.05) is 33.7 Å². The summed E-state index contributed by atoms with van der Waals surface area (Å²) >= 11 is 0. The number of carbonyl (C=O) groups is 1. The normalized spacial score (nSPS) is 25.4. The molecule has 0 spiro atoms. The lowest BCUT2D eigenvalue weighted by Gasteiger charge is -2.22. The van der Waals surface area contributed by atoms with Crippen molar-refractivity contribution in [3.05, 3.63) is 0 Å². The molecule has 0 aromatic heterocycles. The van der Waals surface area contributed by atoms with Crippen molar-refractivity contribution in [3.63, 3.8) is 0 Å². The van der Waals surface area contributed by atoms with Gasteiger partial charge in [-0.1, -0.05) is 6.92 Å². The van der Waals surface area contributed by atoms with Crippen LogP contribution in [0.15, 0.2) is 0 Å². The minimum Gasteiger partial charge on any atom is -0.341 e. The summed E-state index contributed by atoms with van der Waals surface area (Å²) in [6.07, 6.45) is 2.53. The van der Waals surface area contributed by atoms with Crippen LogP contribution in [0, 0.1) is 5.92 Å². The van der Waals surface area contributed by atoms with E-state index >= 15 is 0 Å². The fourth-order valence-electron chi connectivity index (χ4n) is 2.40. The van der Waals surface area contributed by atoms with E-state index in [1.807, 2.05) is 4.90 Å². The monoisotopic (exact) mass is 227 g/mol. The SMILES string of the molecule is CC1CN(C(=O)CCCCN)CC1N(C)C. The number of carbonyl (C=O) groups excluding carboxylic acids is 1. The second-order valence-electron chi connectivity index (χ2n) is 5.05. The van der Waals surface area contributed by atoms with Crippen LogP contribution in [0.5, 0.6) is 0 Å². The van der Waals surface area contributed by atoms with E-state index in [4.69, 9.17) is 5.73 Å². The summed E-state index contributed by atoms with van der Waals surface area (Å²) < 4.78 is 0. The zero-order valence-corrected chi connectivity index (χ0v) is 10.8. The summed E-state index contributed by atoms with van der Waals surface area (Å²) in [4.78, 5) is 16.1. The summed E-state index contributed by atoms with van der Waals surface area (Å²) in [5, 5.41) is 0. The van der Waals surface area contributed by atoms with Gasteiger partial charge < -0.3 is 15.5 Å². The molecule has 1 aliphatic heterocycles. The minimum atomic E-state index is 0.296. The van der Waals surface area contributed by atoms with Crippen LogP contribution in [0.3, 0.4) is 0 Å². The van der Waals surface area contributed by atoms with Crippen molar-refractivity contribution in [3.8, 4) is 0 Å². The molecule has 2 unspecified atom stereocenters. The molecule has 0 radical (unpaired) electrons. The Morgan fingerprint density at radius 2 is 2.06 bits per heavy atom. The van der Waals surface area contributed by atoms with Crippen LogP contribution in [0.25, 0.3) is 0 Å². The van der Waals surface area contributed by atoms with Crippen molar-refractivity contribution in [1.82, 2.24) is 9.80 Å². The highest BCUT2D eigenvalue weighted by molar-refractivity contribution is 5.76. The average Bonchev–Trinajstić information content (AvgIpc) is 2.60. The van der Waals surface area contributed by atoms with Crippen molar-refractivity contribution in [2.24, 2.45) is 11.7 Å². The molecule has 16 heavy (non-hydrogen) atoms. The van der Waals surface area contributed by atoms with E-state index in [0.717, 1.165) is 25.9 Å². The Kier molecular flexibility index (Phi) is 5.22. The van der Waals surface area contributed by atoms with E-state index in [2.05, 4.69) is 25.9 Å². The maximum Gasteiger partial charge on any atom is 0.222 e. The number of nitrogens with two attached hydrogens (primary N) is 1. The molecule has 0 aromatic rings. The van der Waals surface area contributed by atoms with Crippen molar-refractivity contribution < 1.29 is 4.79 Å². The Morgan fingerprint density at radius 1 is 1.38 bits per heavy atom. The number of rotatable bonds is 5. The molecule has 2 N–H and O–H groups in total. The highest BCUT2D eigenvalue weighted by Crippen LogP contribution is 2.20. The summed E-state index contributed by atoms with van der Waals surface area (Å²) in [5.41, 5.74) is 5.42. The molecule has 1 aliphatic rings. The molecule has 0 aromatic carbocycles. The lowest BCUT2D eigenvalue weighted by molar-refractivity contribution is -0.130. The molecule has 1 amide bonds. The van der Waals surface area contributed by atoms with E-state index in [0.29, 0.717) is 30.8 Å². The molecule has 0 bridgehead atoms. The van der Waals surface area contributed by atoms with Gasteiger partial charge in [-0.3, -0.25) is 4.79 Å². The second kappa shape index (κ2) is 6.21. The molecule has 1 saturated heterocycles. The van der Waals surface area contributed by atoms with Crippen LogP contribution in [-0.2, 0) is 4.79 Å². The summed E-state index contributed by atoms with van der Waals surface area (Å²) in [7, 11) is 4.17. The van der Waals surface area contributed by atoms with Crippen LogP contribution in [-0.4, -0.2) is 55.5 Å². The Bertz CT molecular complexity index is 230. The first-order valence-electron chi connectivity index (χ1n) is 6.20. The highest BCUT2D eigenvalue weighted by atomic mass is 16.2. The number of likely N-dealkylation sites (tertiary alicyclic amines) is 1. The topological polar surface area (TPSA) is 49.6 Å². The molecule has 4 heteroatoms. The molecular formula is C12H25N3O. The molecular weight excluding hydrogens is 202 g/mol. The van der Waals surface area contributed by atoms with Gasteiger partial charge in [-0.25, -0.2) is 0 Å². The van der Waals surface area contributed by atoms with Crippen LogP contribution in [0.4, 0.5) is 0 Å².